The molecule has 96 valence electrons. The second-order valence-corrected chi connectivity index (χ2v) is 4.78. The van der Waals surface area contributed by atoms with Gasteiger partial charge in [0.2, 0.25) is 0 Å². The summed E-state index contributed by atoms with van der Waals surface area (Å²) in [4.78, 5) is 0. The summed E-state index contributed by atoms with van der Waals surface area (Å²) in [6.07, 6.45) is 0.243. The van der Waals surface area contributed by atoms with E-state index in [0.717, 1.165) is 6.54 Å². The molecule has 0 saturated carbocycles. The largest absolute Gasteiger partial charge is 0.380 e. The van der Waals surface area contributed by atoms with Gasteiger partial charge in [0.05, 0.1) is 6.10 Å². The Bertz CT molecular complexity index is 509. The number of methoxy groups -OCH3 is 1. The van der Waals surface area contributed by atoms with Gasteiger partial charge in [-0.05, 0) is 36.2 Å². The molecule has 0 spiro atoms. The van der Waals surface area contributed by atoms with Crippen molar-refractivity contribution in [2.24, 2.45) is 0 Å². The second kappa shape index (κ2) is 5.98. The van der Waals surface area contributed by atoms with E-state index in [2.05, 4.69) is 61.6 Å². The second-order valence-electron chi connectivity index (χ2n) is 4.78. The molecule has 0 aliphatic carbocycles. The molecule has 0 aromatic heterocycles. The topological polar surface area (TPSA) is 21.3 Å². The standard InChI is InChI=1S/C16H21NO/c1-12(18-3)11-17-13(2)15-9-8-14-6-4-5-7-16(14)10-15/h4-10,12-13,17H,11H2,1-3H3. The number of fused-ring (bicyclic) bond motifs is 1. The molecule has 1 N–H and O–H groups in total. The van der Waals surface area contributed by atoms with Gasteiger partial charge in [-0.2, -0.15) is 0 Å². The van der Waals surface area contributed by atoms with Gasteiger partial charge in [-0.25, -0.2) is 0 Å². The molecule has 2 rings (SSSR count). The Hall–Kier alpha value is -1.38. The zero-order valence-electron chi connectivity index (χ0n) is 11.3. The van der Waals surface area contributed by atoms with Crippen LogP contribution >= 0.6 is 0 Å². The van der Waals surface area contributed by atoms with Crippen LogP contribution in [0.1, 0.15) is 25.5 Å². The highest BCUT2D eigenvalue weighted by Gasteiger charge is 2.07. The van der Waals surface area contributed by atoms with E-state index >= 15 is 0 Å². The van der Waals surface area contributed by atoms with Crippen molar-refractivity contribution in [1.82, 2.24) is 5.32 Å². The van der Waals surface area contributed by atoms with Crippen molar-refractivity contribution >= 4 is 10.8 Å². The first-order chi connectivity index (χ1) is 8.70. The third-order valence-electron chi connectivity index (χ3n) is 3.39. The van der Waals surface area contributed by atoms with Gasteiger partial charge in [0, 0.05) is 19.7 Å². The highest BCUT2D eigenvalue weighted by atomic mass is 16.5. The molecule has 0 aliphatic heterocycles. The summed E-state index contributed by atoms with van der Waals surface area (Å²) >= 11 is 0. The molecule has 2 nitrogen and oxygen atoms in total. The Kier molecular flexibility index (Phi) is 4.34. The summed E-state index contributed by atoms with van der Waals surface area (Å²) in [6.45, 7) is 5.12. The predicted octanol–water partition coefficient (Wildman–Crippen LogP) is 3.53. The summed E-state index contributed by atoms with van der Waals surface area (Å²) in [5.41, 5.74) is 1.32. The van der Waals surface area contributed by atoms with Crippen LogP contribution in [0.15, 0.2) is 42.5 Å². The van der Waals surface area contributed by atoms with E-state index in [0.29, 0.717) is 6.04 Å². The summed E-state index contributed by atoms with van der Waals surface area (Å²) in [5.74, 6) is 0. The number of ether oxygens (including phenoxy) is 1. The molecule has 0 heterocycles. The average molecular weight is 243 g/mol. The van der Waals surface area contributed by atoms with Crippen molar-refractivity contribution in [3.8, 4) is 0 Å². The quantitative estimate of drug-likeness (QED) is 0.867. The maximum Gasteiger partial charge on any atom is 0.0667 e. The van der Waals surface area contributed by atoms with Crippen molar-refractivity contribution in [3.05, 3.63) is 48.0 Å². The van der Waals surface area contributed by atoms with E-state index in [-0.39, 0.29) is 6.10 Å². The summed E-state index contributed by atoms with van der Waals surface area (Å²) in [5, 5.41) is 6.07. The maximum atomic E-state index is 5.24. The first-order valence-electron chi connectivity index (χ1n) is 6.45. The summed E-state index contributed by atoms with van der Waals surface area (Å²) in [7, 11) is 1.74. The number of hydrogen-bond acceptors (Lipinski definition) is 2. The van der Waals surface area contributed by atoms with Gasteiger partial charge in [0.25, 0.3) is 0 Å². The number of hydrogen-bond donors (Lipinski definition) is 1. The minimum Gasteiger partial charge on any atom is -0.380 e. The van der Waals surface area contributed by atoms with Crippen LogP contribution < -0.4 is 5.32 Å². The zero-order chi connectivity index (χ0) is 13.0. The molecule has 0 bridgehead atoms. The molecule has 0 radical (unpaired) electrons. The Morgan fingerprint density at radius 2 is 1.78 bits per heavy atom. The molecule has 2 atom stereocenters. The molecular weight excluding hydrogens is 222 g/mol. The van der Waals surface area contributed by atoms with E-state index in [4.69, 9.17) is 4.74 Å². The Labute approximate surface area is 109 Å². The van der Waals surface area contributed by atoms with Gasteiger partial charge in [-0.3, -0.25) is 0 Å². The number of rotatable bonds is 5. The molecule has 2 unspecified atom stereocenters. The van der Waals surface area contributed by atoms with Crippen LogP contribution in [0.3, 0.4) is 0 Å². The molecule has 0 aliphatic rings. The van der Waals surface area contributed by atoms with E-state index in [1.807, 2.05) is 0 Å². The fraction of sp³-hybridized carbons (Fsp3) is 0.375. The van der Waals surface area contributed by atoms with Crippen LogP contribution in [-0.4, -0.2) is 19.8 Å². The lowest BCUT2D eigenvalue weighted by Crippen LogP contribution is -2.28. The molecule has 18 heavy (non-hydrogen) atoms. The Balaban J connectivity index is 2.10. The van der Waals surface area contributed by atoms with Crippen LogP contribution in [0.25, 0.3) is 10.8 Å². The highest BCUT2D eigenvalue weighted by Crippen LogP contribution is 2.20. The molecule has 0 fully saturated rings. The van der Waals surface area contributed by atoms with Crippen LogP contribution in [0.4, 0.5) is 0 Å². The van der Waals surface area contributed by atoms with Crippen molar-refractivity contribution < 1.29 is 4.74 Å². The SMILES string of the molecule is COC(C)CNC(C)c1ccc2ccccc2c1. The first kappa shape index (κ1) is 13.1. The zero-order valence-corrected chi connectivity index (χ0v) is 11.3. The molecule has 2 aromatic rings. The monoisotopic (exact) mass is 243 g/mol. The van der Waals surface area contributed by atoms with Gasteiger partial charge in [0.15, 0.2) is 0 Å². The molecule has 2 aromatic carbocycles. The lowest BCUT2D eigenvalue weighted by Gasteiger charge is -2.17. The normalized spacial score (nSPS) is 14.6. The number of benzene rings is 2. The van der Waals surface area contributed by atoms with Gasteiger partial charge >= 0.3 is 0 Å². The van der Waals surface area contributed by atoms with Gasteiger partial charge in [-0.15, -0.1) is 0 Å². The van der Waals surface area contributed by atoms with Gasteiger partial charge in [0.1, 0.15) is 0 Å². The van der Waals surface area contributed by atoms with Gasteiger partial charge in [-0.1, -0.05) is 36.4 Å². The Morgan fingerprint density at radius 1 is 1.06 bits per heavy atom. The van der Waals surface area contributed by atoms with E-state index in [1.165, 1.54) is 16.3 Å². The van der Waals surface area contributed by atoms with E-state index in [9.17, 15) is 0 Å². The third kappa shape index (κ3) is 3.09. The van der Waals surface area contributed by atoms with Crippen LogP contribution in [0.2, 0.25) is 0 Å². The van der Waals surface area contributed by atoms with Crippen LogP contribution in [0, 0.1) is 0 Å². The van der Waals surface area contributed by atoms with Crippen LogP contribution in [-0.2, 0) is 4.74 Å². The van der Waals surface area contributed by atoms with Crippen LogP contribution in [0.5, 0.6) is 0 Å². The minimum atomic E-state index is 0.243. The Morgan fingerprint density at radius 3 is 2.50 bits per heavy atom. The van der Waals surface area contributed by atoms with Crippen molar-refractivity contribution in [2.75, 3.05) is 13.7 Å². The van der Waals surface area contributed by atoms with Crippen molar-refractivity contribution in [2.45, 2.75) is 26.0 Å². The fourth-order valence-corrected chi connectivity index (χ4v) is 2.02. The molecule has 0 saturated heterocycles. The average Bonchev–Trinajstić information content (AvgIpc) is 2.43. The lowest BCUT2D eigenvalue weighted by molar-refractivity contribution is 0.115. The predicted molar refractivity (Wildman–Crippen MR) is 76.8 cm³/mol. The van der Waals surface area contributed by atoms with E-state index < -0.39 is 0 Å². The highest BCUT2D eigenvalue weighted by molar-refractivity contribution is 5.83. The third-order valence-corrected chi connectivity index (χ3v) is 3.39. The van der Waals surface area contributed by atoms with E-state index in [1.54, 1.807) is 7.11 Å². The van der Waals surface area contributed by atoms with Gasteiger partial charge < -0.3 is 10.1 Å². The van der Waals surface area contributed by atoms with Crippen molar-refractivity contribution in [1.29, 1.82) is 0 Å². The number of nitrogens with one attached hydrogen (secondary N) is 1. The fourth-order valence-electron chi connectivity index (χ4n) is 2.02. The lowest BCUT2D eigenvalue weighted by atomic mass is 10.0. The first-order valence-corrected chi connectivity index (χ1v) is 6.45. The molecule has 0 amide bonds. The van der Waals surface area contributed by atoms with Crippen molar-refractivity contribution in [3.63, 3.8) is 0 Å². The summed E-state index contributed by atoms with van der Waals surface area (Å²) < 4.78 is 5.24. The summed E-state index contributed by atoms with van der Waals surface area (Å²) in [6, 6.07) is 15.4. The minimum absolute atomic E-state index is 0.243. The smallest absolute Gasteiger partial charge is 0.0667 e. The molecular formula is C16H21NO. The maximum absolute atomic E-state index is 5.24. The molecule has 2 heteroatoms.